The fourth-order valence-corrected chi connectivity index (χ4v) is 4.70. The largest absolute Gasteiger partial charge is 0.497 e. The molecule has 1 aliphatic heterocycles. The van der Waals surface area contributed by atoms with Gasteiger partial charge in [-0.3, -0.25) is 4.79 Å². The van der Waals surface area contributed by atoms with Crippen molar-refractivity contribution in [3.63, 3.8) is 0 Å². The second-order valence-electron chi connectivity index (χ2n) is 7.86. The van der Waals surface area contributed by atoms with Crippen molar-refractivity contribution in [2.75, 3.05) is 32.1 Å². The topological polar surface area (TPSA) is 73.2 Å². The zero-order chi connectivity index (χ0) is 21.8. The monoisotopic (exact) mass is 430 g/mol. The van der Waals surface area contributed by atoms with Crippen LogP contribution in [-0.2, 0) is 4.79 Å². The number of methoxy groups -OCH3 is 1. The van der Waals surface area contributed by atoms with E-state index in [1.54, 1.807) is 7.11 Å². The molecule has 2 aromatic carbocycles. The second kappa shape index (κ2) is 9.83. The number of β-amino-alcohol motifs (C(OH)–C–C–N with tert-alkyl or cyclic N) is 1. The summed E-state index contributed by atoms with van der Waals surface area (Å²) >= 11 is 1.46. The lowest BCUT2D eigenvalue weighted by Gasteiger charge is -2.30. The van der Waals surface area contributed by atoms with E-state index in [0.29, 0.717) is 12.2 Å². The number of thioether (sulfide) groups is 1. The lowest BCUT2D eigenvalue weighted by atomic mass is 10.1. The highest BCUT2D eigenvalue weighted by atomic mass is 32.2. The molecule has 0 aliphatic carbocycles. The van der Waals surface area contributed by atoms with E-state index in [1.165, 1.54) is 16.7 Å². The van der Waals surface area contributed by atoms with E-state index in [4.69, 9.17) is 4.74 Å². The van der Waals surface area contributed by atoms with Crippen LogP contribution in [-0.4, -0.2) is 66.5 Å². The number of rotatable bonds is 7. The third kappa shape index (κ3) is 4.98. The molecule has 2 aromatic rings. The Morgan fingerprint density at radius 1 is 1.17 bits per heavy atom. The van der Waals surface area contributed by atoms with E-state index in [0.717, 1.165) is 16.2 Å². The van der Waals surface area contributed by atoms with Gasteiger partial charge in [0.05, 0.1) is 30.7 Å². The second-order valence-corrected chi connectivity index (χ2v) is 9.04. The lowest BCUT2D eigenvalue weighted by molar-refractivity contribution is -0.127. The van der Waals surface area contributed by atoms with Crippen molar-refractivity contribution >= 4 is 23.4 Å². The summed E-state index contributed by atoms with van der Waals surface area (Å²) in [5.74, 6) is 0.317. The first-order chi connectivity index (χ1) is 14.3. The Kier molecular flexibility index (Phi) is 7.41. The van der Waals surface area contributed by atoms with Crippen molar-refractivity contribution < 1.29 is 19.7 Å². The van der Waals surface area contributed by atoms with Crippen molar-refractivity contribution in [3.8, 4) is 5.75 Å². The summed E-state index contributed by atoms with van der Waals surface area (Å²) in [6.45, 7) is 4.67. The third-order valence-electron chi connectivity index (χ3n) is 5.43. The fraction of sp³-hybridized carbons (Fsp3) is 0.435. The van der Waals surface area contributed by atoms with Gasteiger partial charge >= 0.3 is 0 Å². The number of benzene rings is 2. The van der Waals surface area contributed by atoms with E-state index in [9.17, 15) is 15.0 Å². The maximum Gasteiger partial charge on any atom is 0.257 e. The minimum absolute atomic E-state index is 0.125. The Labute approximate surface area is 182 Å². The SMILES string of the molecule is COc1ccc([C@H]2Sc3ccccc3N(CC(O)CN(C)C(C)C)C(=O)[C@H]2O)cc1. The number of para-hydroxylation sites is 1. The fourth-order valence-electron chi connectivity index (χ4n) is 3.43. The average Bonchev–Trinajstić information content (AvgIpc) is 2.84. The van der Waals surface area contributed by atoms with Gasteiger partial charge < -0.3 is 24.7 Å². The number of amides is 1. The highest BCUT2D eigenvalue weighted by Crippen LogP contribution is 2.45. The molecule has 3 atom stereocenters. The molecular weight excluding hydrogens is 400 g/mol. The summed E-state index contributed by atoms with van der Waals surface area (Å²) in [6, 6.07) is 15.3. The van der Waals surface area contributed by atoms with Gasteiger partial charge in [0.1, 0.15) is 11.9 Å². The highest BCUT2D eigenvalue weighted by Gasteiger charge is 2.38. The van der Waals surface area contributed by atoms with Gasteiger partial charge in [0.2, 0.25) is 0 Å². The molecule has 1 unspecified atom stereocenters. The molecule has 0 fully saturated rings. The Morgan fingerprint density at radius 3 is 2.47 bits per heavy atom. The standard InChI is InChI=1S/C23H30N2O4S/c1-15(2)24(3)13-17(26)14-25-19-7-5-6-8-20(19)30-22(21(27)23(25)28)16-9-11-18(29-4)12-10-16/h5-12,15,17,21-22,26-27H,13-14H2,1-4H3/t17?,21-,22+/m0/s1. The maximum absolute atomic E-state index is 13.3. The van der Waals surface area contributed by atoms with Gasteiger partial charge in [0, 0.05) is 17.5 Å². The first-order valence-corrected chi connectivity index (χ1v) is 11.0. The number of hydrogen-bond donors (Lipinski definition) is 2. The smallest absolute Gasteiger partial charge is 0.257 e. The first kappa shape index (κ1) is 22.6. The normalized spacial score (nSPS) is 20.3. The van der Waals surface area contributed by atoms with Crippen LogP contribution in [0.1, 0.15) is 24.7 Å². The summed E-state index contributed by atoms with van der Waals surface area (Å²) in [7, 11) is 3.54. The molecule has 0 bridgehead atoms. The molecule has 0 radical (unpaired) electrons. The minimum atomic E-state index is -1.23. The van der Waals surface area contributed by atoms with Gasteiger partial charge in [-0.2, -0.15) is 0 Å². The molecule has 0 spiro atoms. The molecule has 1 aliphatic rings. The van der Waals surface area contributed by atoms with Crippen LogP contribution in [0.25, 0.3) is 0 Å². The van der Waals surface area contributed by atoms with E-state index < -0.39 is 23.4 Å². The number of aliphatic hydroxyl groups excluding tert-OH is 2. The molecule has 2 N–H and O–H groups in total. The van der Waals surface area contributed by atoms with E-state index in [2.05, 4.69) is 13.8 Å². The quantitative estimate of drug-likeness (QED) is 0.704. The van der Waals surface area contributed by atoms with Gasteiger partial charge in [-0.15, -0.1) is 11.8 Å². The predicted molar refractivity (Wildman–Crippen MR) is 120 cm³/mol. The van der Waals surface area contributed by atoms with Crippen LogP contribution in [0.3, 0.4) is 0 Å². The van der Waals surface area contributed by atoms with E-state index in [1.807, 2.05) is 60.5 Å². The average molecular weight is 431 g/mol. The van der Waals surface area contributed by atoms with Gasteiger partial charge in [-0.25, -0.2) is 0 Å². The molecule has 30 heavy (non-hydrogen) atoms. The number of ether oxygens (including phenoxy) is 1. The number of hydrogen-bond acceptors (Lipinski definition) is 6. The van der Waals surface area contributed by atoms with Crippen LogP contribution in [0.4, 0.5) is 5.69 Å². The molecular formula is C23H30N2O4S. The maximum atomic E-state index is 13.3. The van der Waals surface area contributed by atoms with Crippen molar-refractivity contribution in [2.45, 2.75) is 42.2 Å². The zero-order valence-corrected chi connectivity index (χ0v) is 18.7. The number of fused-ring (bicyclic) bond motifs is 1. The summed E-state index contributed by atoms with van der Waals surface area (Å²) in [5.41, 5.74) is 1.56. The van der Waals surface area contributed by atoms with Gasteiger partial charge in [-0.05, 0) is 50.7 Å². The number of aliphatic hydroxyl groups is 2. The van der Waals surface area contributed by atoms with Crippen LogP contribution in [0, 0.1) is 0 Å². The van der Waals surface area contributed by atoms with Crippen LogP contribution >= 0.6 is 11.8 Å². The summed E-state index contributed by atoms with van der Waals surface area (Å²) in [4.78, 5) is 17.7. The van der Waals surface area contributed by atoms with Gasteiger partial charge in [-0.1, -0.05) is 24.3 Å². The summed E-state index contributed by atoms with van der Waals surface area (Å²) in [6.07, 6.45) is -1.96. The van der Waals surface area contributed by atoms with E-state index in [-0.39, 0.29) is 12.6 Å². The van der Waals surface area contributed by atoms with Gasteiger partial charge in [0.15, 0.2) is 0 Å². The number of carbonyl (C=O) groups is 1. The van der Waals surface area contributed by atoms with Crippen molar-refractivity contribution in [2.24, 2.45) is 0 Å². The van der Waals surface area contributed by atoms with Crippen molar-refractivity contribution in [3.05, 3.63) is 54.1 Å². The third-order valence-corrected chi connectivity index (χ3v) is 6.82. The Morgan fingerprint density at radius 2 is 1.83 bits per heavy atom. The van der Waals surface area contributed by atoms with Crippen molar-refractivity contribution in [1.82, 2.24) is 4.90 Å². The zero-order valence-electron chi connectivity index (χ0n) is 17.9. The first-order valence-electron chi connectivity index (χ1n) is 10.1. The predicted octanol–water partition coefficient (Wildman–Crippen LogP) is 2.94. The van der Waals surface area contributed by atoms with Crippen molar-refractivity contribution in [1.29, 1.82) is 0 Å². The summed E-state index contributed by atoms with van der Waals surface area (Å²) < 4.78 is 5.22. The molecule has 1 heterocycles. The highest BCUT2D eigenvalue weighted by molar-refractivity contribution is 7.99. The molecule has 162 valence electrons. The van der Waals surface area contributed by atoms with Crippen LogP contribution < -0.4 is 9.64 Å². The molecule has 0 saturated heterocycles. The molecule has 0 aromatic heterocycles. The Hall–Kier alpha value is -2.06. The number of carbonyl (C=O) groups excluding carboxylic acids is 1. The summed E-state index contributed by atoms with van der Waals surface area (Å²) in [5, 5.41) is 21.2. The Balaban J connectivity index is 1.90. The number of nitrogens with zero attached hydrogens (tertiary/aromatic N) is 2. The molecule has 3 rings (SSSR count). The van der Waals surface area contributed by atoms with Crippen LogP contribution in [0.15, 0.2) is 53.4 Å². The molecule has 1 amide bonds. The van der Waals surface area contributed by atoms with E-state index >= 15 is 0 Å². The minimum Gasteiger partial charge on any atom is -0.497 e. The Bertz CT molecular complexity index is 859. The molecule has 6 nitrogen and oxygen atoms in total. The molecule has 0 saturated carbocycles. The number of anilines is 1. The lowest BCUT2D eigenvalue weighted by Crippen LogP contribution is -2.47. The van der Waals surface area contributed by atoms with Crippen LogP contribution in [0.5, 0.6) is 5.75 Å². The van der Waals surface area contributed by atoms with Crippen LogP contribution in [0.2, 0.25) is 0 Å². The molecule has 7 heteroatoms. The van der Waals surface area contributed by atoms with Gasteiger partial charge in [0.25, 0.3) is 5.91 Å². The number of likely N-dealkylation sites (N-methyl/N-ethyl adjacent to an activating group) is 1.